The number of carbonyl (C=O) groups is 2. The molecule has 1 atom stereocenters. The molecule has 0 saturated carbocycles. The lowest BCUT2D eigenvalue weighted by Crippen LogP contribution is -2.25. The van der Waals surface area contributed by atoms with E-state index >= 15 is 0 Å². The maximum Gasteiger partial charge on any atom is 0.237 e. The third-order valence-electron chi connectivity index (χ3n) is 4.80. The molecule has 0 aromatic heterocycles. The van der Waals surface area contributed by atoms with Gasteiger partial charge < -0.3 is 10.6 Å². The Morgan fingerprint density at radius 3 is 2.48 bits per heavy atom. The molecule has 1 unspecified atom stereocenters. The number of thioether (sulfide) groups is 1. The van der Waals surface area contributed by atoms with E-state index in [4.69, 9.17) is 0 Å². The molecule has 0 saturated heterocycles. The average Bonchev–Trinajstić information content (AvgIpc) is 2.72. The van der Waals surface area contributed by atoms with Crippen molar-refractivity contribution in [1.29, 1.82) is 0 Å². The second kappa shape index (κ2) is 11.7. The van der Waals surface area contributed by atoms with E-state index < -0.39 is 0 Å². The van der Waals surface area contributed by atoms with Crippen molar-refractivity contribution in [2.45, 2.75) is 69.9 Å². The Labute approximate surface area is 178 Å². The quantitative estimate of drug-likeness (QED) is 0.457. The van der Waals surface area contributed by atoms with Crippen LogP contribution in [0.3, 0.4) is 0 Å². The fourth-order valence-electron chi connectivity index (χ4n) is 3.10. The summed E-state index contributed by atoms with van der Waals surface area (Å²) in [6.07, 6.45) is 4.01. The Bertz CT molecular complexity index is 835. The van der Waals surface area contributed by atoms with Crippen molar-refractivity contribution in [3.63, 3.8) is 0 Å². The molecule has 156 valence electrons. The lowest BCUT2D eigenvalue weighted by Gasteiger charge is -2.18. The lowest BCUT2D eigenvalue weighted by atomic mass is 10.1. The van der Waals surface area contributed by atoms with Gasteiger partial charge in [0.05, 0.1) is 5.25 Å². The number of amides is 2. The molecule has 0 aliphatic heterocycles. The van der Waals surface area contributed by atoms with Crippen molar-refractivity contribution < 1.29 is 9.59 Å². The number of para-hydroxylation sites is 1. The molecule has 2 rings (SSSR count). The zero-order valence-electron chi connectivity index (χ0n) is 17.9. The Morgan fingerprint density at radius 2 is 1.79 bits per heavy atom. The van der Waals surface area contributed by atoms with Gasteiger partial charge in [0.2, 0.25) is 11.8 Å². The van der Waals surface area contributed by atoms with E-state index in [1.165, 1.54) is 11.8 Å². The van der Waals surface area contributed by atoms with Gasteiger partial charge in [0.15, 0.2) is 0 Å². The van der Waals surface area contributed by atoms with Crippen molar-refractivity contribution in [3.8, 4) is 0 Å². The molecule has 0 fully saturated rings. The third-order valence-corrected chi connectivity index (χ3v) is 6.16. The van der Waals surface area contributed by atoms with E-state index in [0.29, 0.717) is 6.42 Å². The molecule has 0 radical (unpaired) electrons. The standard InChI is InChI=1S/C24H32N2O2S/c1-5-8-15-22(27)25-19-13-10-14-20(16-19)29-21(7-3)24(28)26-23-17(4)11-9-12-18(23)6-2/h9-14,16,21H,5-8,15H2,1-4H3,(H,25,27)(H,26,28). The summed E-state index contributed by atoms with van der Waals surface area (Å²) in [6.45, 7) is 8.21. The van der Waals surface area contributed by atoms with Gasteiger partial charge in [-0.1, -0.05) is 51.5 Å². The van der Waals surface area contributed by atoms with E-state index in [1.54, 1.807) is 0 Å². The Morgan fingerprint density at radius 1 is 1.03 bits per heavy atom. The summed E-state index contributed by atoms with van der Waals surface area (Å²) in [5, 5.41) is 5.89. The highest BCUT2D eigenvalue weighted by atomic mass is 32.2. The van der Waals surface area contributed by atoms with Gasteiger partial charge in [-0.2, -0.15) is 0 Å². The Balaban J connectivity index is 2.07. The first kappa shape index (κ1) is 23.0. The molecule has 0 aliphatic carbocycles. The largest absolute Gasteiger partial charge is 0.326 e. The number of nitrogens with one attached hydrogen (secondary N) is 2. The lowest BCUT2D eigenvalue weighted by molar-refractivity contribution is -0.116. The number of aryl methyl sites for hydroxylation is 2. The fourth-order valence-corrected chi connectivity index (χ4v) is 4.11. The second-order valence-electron chi connectivity index (χ2n) is 7.15. The van der Waals surface area contributed by atoms with Crippen molar-refractivity contribution in [1.82, 2.24) is 0 Å². The molecule has 29 heavy (non-hydrogen) atoms. The predicted octanol–water partition coefficient (Wildman–Crippen LogP) is 6.20. The first-order valence-corrected chi connectivity index (χ1v) is 11.3. The Hall–Kier alpha value is -2.27. The number of benzene rings is 2. The molecule has 0 aliphatic rings. The van der Waals surface area contributed by atoms with Crippen LogP contribution in [0.5, 0.6) is 0 Å². The Kier molecular flexibility index (Phi) is 9.26. The number of hydrogen-bond donors (Lipinski definition) is 2. The fraction of sp³-hybridized carbons (Fsp3) is 0.417. The van der Waals surface area contributed by atoms with E-state index in [2.05, 4.69) is 30.5 Å². The van der Waals surface area contributed by atoms with Crippen LogP contribution in [0.1, 0.15) is 57.6 Å². The van der Waals surface area contributed by atoms with Crippen LogP contribution < -0.4 is 10.6 Å². The summed E-state index contributed by atoms with van der Waals surface area (Å²) in [5.74, 6) is 0.0457. The van der Waals surface area contributed by atoms with Crippen LogP contribution in [0.4, 0.5) is 11.4 Å². The van der Waals surface area contributed by atoms with Gasteiger partial charge in [-0.15, -0.1) is 11.8 Å². The van der Waals surface area contributed by atoms with E-state index in [1.807, 2.05) is 50.2 Å². The van der Waals surface area contributed by atoms with Gasteiger partial charge in [-0.25, -0.2) is 0 Å². The minimum Gasteiger partial charge on any atom is -0.326 e. The van der Waals surface area contributed by atoms with Gasteiger partial charge >= 0.3 is 0 Å². The molecule has 2 aromatic rings. The zero-order chi connectivity index (χ0) is 21.2. The van der Waals surface area contributed by atoms with Crippen molar-refractivity contribution >= 4 is 35.0 Å². The second-order valence-corrected chi connectivity index (χ2v) is 8.42. The minimum absolute atomic E-state index is 0.0129. The summed E-state index contributed by atoms with van der Waals surface area (Å²) < 4.78 is 0. The molecular formula is C24H32N2O2S. The molecule has 0 bridgehead atoms. The molecule has 2 N–H and O–H groups in total. The SMILES string of the molecule is CCCCC(=O)Nc1cccc(SC(CC)C(=O)Nc2c(C)cccc2CC)c1. The third kappa shape index (κ3) is 6.93. The number of hydrogen-bond acceptors (Lipinski definition) is 3. The van der Waals surface area contributed by atoms with Gasteiger partial charge in [-0.3, -0.25) is 9.59 Å². The monoisotopic (exact) mass is 412 g/mol. The van der Waals surface area contributed by atoms with Gasteiger partial charge in [0.25, 0.3) is 0 Å². The van der Waals surface area contributed by atoms with Crippen LogP contribution in [-0.2, 0) is 16.0 Å². The van der Waals surface area contributed by atoms with Gasteiger partial charge in [-0.05, 0) is 55.5 Å². The smallest absolute Gasteiger partial charge is 0.237 e. The van der Waals surface area contributed by atoms with Crippen LogP contribution >= 0.6 is 11.8 Å². The van der Waals surface area contributed by atoms with E-state index in [0.717, 1.165) is 53.1 Å². The summed E-state index contributed by atoms with van der Waals surface area (Å²) >= 11 is 1.53. The van der Waals surface area contributed by atoms with Gasteiger partial charge in [0.1, 0.15) is 0 Å². The normalized spacial score (nSPS) is 11.7. The highest BCUT2D eigenvalue weighted by Crippen LogP contribution is 2.30. The van der Waals surface area contributed by atoms with Crippen LogP contribution in [0.15, 0.2) is 47.4 Å². The first-order chi connectivity index (χ1) is 14.0. The van der Waals surface area contributed by atoms with Crippen LogP contribution in [0, 0.1) is 6.92 Å². The highest BCUT2D eigenvalue weighted by molar-refractivity contribution is 8.00. The summed E-state index contributed by atoms with van der Waals surface area (Å²) in [7, 11) is 0. The average molecular weight is 413 g/mol. The molecule has 2 amide bonds. The highest BCUT2D eigenvalue weighted by Gasteiger charge is 2.20. The maximum absolute atomic E-state index is 12.9. The van der Waals surface area contributed by atoms with Gasteiger partial charge in [0, 0.05) is 22.7 Å². The van der Waals surface area contributed by atoms with E-state index in [-0.39, 0.29) is 17.1 Å². The first-order valence-electron chi connectivity index (χ1n) is 10.4. The number of carbonyl (C=O) groups excluding carboxylic acids is 2. The van der Waals surface area contributed by atoms with E-state index in [9.17, 15) is 9.59 Å². The minimum atomic E-state index is -0.203. The van der Waals surface area contributed by atoms with Crippen LogP contribution in [0.25, 0.3) is 0 Å². The molecule has 0 spiro atoms. The van der Waals surface area contributed by atoms with Crippen molar-refractivity contribution in [2.75, 3.05) is 10.6 Å². The topological polar surface area (TPSA) is 58.2 Å². The zero-order valence-corrected chi connectivity index (χ0v) is 18.7. The number of unbranched alkanes of at least 4 members (excludes halogenated alkanes) is 1. The summed E-state index contributed by atoms with van der Waals surface area (Å²) in [5.41, 5.74) is 3.93. The number of rotatable bonds is 10. The summed E-state index contributed by atoms with van der Waals surface area (Å²) in [6, 6.07) is 13.8. The molecule has 2 aromatic carbocycles. The molecule has 4 nitrogen and oxygen atoms in total. The van der Waals surface area contributed by atoms with Crippen molar-refractivity contribution in [3.05, 3.63) is 53.6 Å². The van der Waals surface area contributed by atoms with Crippen LogP contribution in [0.2, 0.25) is 0 Å². The molecular weight excluding hydrogens is 380 g/mol. The van der Waals surface area contributed by atoms with Crippen LogP contribution in [-0.4, -0.2) is 17.1 Å². The molecule has 5 heteroatoms. The molecule has 0 heterocycles. The number of anilines is 2. The summed E-state index contributed by atoms with van der Waals surface area (Å²) in [4.78, 5) is 25.9. The van der Waals surface area contributed by atoms with Crippen molar-refractivity contribution in [2.24, 2.45) is 0 Å². The maximum atomic E-state index is 12.9. The predicted molar refractivity (Wildman–Crippen MR) is 124 cm³/mol.